The summed E-state index contributed by atoms with van der Waals surface area (Å²) in [4.78, 5) is 14.2. The normalized spacial score (nSPS) is 15.5. The smallest absolute Gasteiger partial charge is 0.151 e. The lowest BCUT2D eigenvalue weighted by Gasteiger charge is -2.24. The second-order valence-corrected chi connectivity index (χ2v) is 6.03. The minimum Gasteiger partial charge on any atom is -0.353 e. The van der Waals surface area contributed by atoms with Crippen LogP contribution in [0.1, 0.15) is 12.1 Å². The first kappa shape index (κ1) is 14.8. The van der Waals surface area contributed by atoms with Gasteiger partial charge in [-0.05, 0) is 37.6 Å². The lowest BCUT2D eigenvalue weighted by atomic mass is 10.2. The molecule has 0 radical (unpaired) electrons. The van der Waals surface area contributed by atoms with Crippen LogP contribution in [-0.2, 0) is 0 Å². The van der Waals surface area contributed by atoms with E-state index in [0.717, 1.165) is 61.0 Å². The molecule has 24 heavy (non-hydrogen) atoms. The van der Waals surface area contributed by atoms with Crippen LogP contribution in [0.15, 0.2) is 42.6 Å². The number of benzene rings is 1. The summed E-state index contributed by atoms with van der Waals surface area (Å²) in [7, 11) is 0. The summed E-state index contributed by atoms with van der Waals surface area (Å²) < 4.78 is 0. The molecule has 2 aromatic heterocycles. The molecule has 122 valence electrons. The van der Waals surface area contributed by atoms with Gasteiger partial charge in [-0.2, -0.15) is 5.10 Å². The monoisotopic (exact) mass is 320 g/mol. The number of hydrogen-bond donors (Lipinski definition) is 0. The highest BCUT2D eigenvalue weighted by molar-refractivity contribution is 5.76. The molecule has 1 aliphatic rings. The van der Waals surface area contributed by atoms with Crippen molar-refractivity contribution >= 4 is 22.7 Å². The van der Waals surface area contributed by atoms with Crippen LogP contribution in [0.3, 0.4) is 0 Å². The largest absolute Gasteiger partial charge is 0.353 e. The molecule has 1 aliphatic heterocycles. The Labute approximate surface area is 141 Å². The van der Waals surface area contributed by atoms with Crippen LogP contribution in [0, 0.1) is 6.92 Å². The van der Waals surface area contributed by atoms with Crippen molar-refractivity contribution in [3.05, 3.63) is 48.3 Å². The fourth-order valence-electron chi connectivity index (χ4n) is 3.20. The molecule has 3 heterocycles. The first-order valence-electron chi connectivity index (χ1n) is 8.32. The summed E-state index contributed by atoms with van der Waals surface area (Å²) in [6.45, 7) is 5.82. The van der Waals surface area contributed by atoms with Crippen molar-refractivity contribution < 1.29 is 0 Å². The zero-order valence-electron chi connectivity index (χ0n) is 13.8. The van der Waals surface area contributed by atoms with E-state index in [9.17, 15) is 0 Å². The Morgan fingerprint density at radius 2 is 1.58 bits per heavy atom. The van der Waals surface area contributed by atoms with Crippen LogP contribution in [-0.4, -0.2) is 46.3 Å². The van der Waals surface area contributed by atoms with Gasteiger partial charge in [0.25, 0.3) is 0 Å². The number of nitrogens with zero attached hydrogens (tertiary/aromatic N) is 6. The quantitative estimate of drug-likeness (QED) is 0.723. The van der Waals surface area contributed by atoms with Gasteiger partial charge in [-0.1, -0.05) is 12.1 Å². The summed E-state index contributed by atoms with van der Waals surface area (Å²) >= 11 is 0. The number of aromatic nitrogens is 4. The van der Waals surface area contributed by atoms with Crippen molar-refractivity contribution in [2.75, 3.05) is 36.0 Å². The van der Waals surface area contributed by atoms with Crippen LogP contribution >= 0.6 is 0 Å². The fourth-order valence-corrected chi connectivity index (χ4v) is 3.20. The summed E-state index contributed by atoms with van der Waals surface area (Å²) in [5.74, 6) is 1.94. The van der Waals surface area contributed by atoms with E-state index < -0.39 is 0 Å². The minimum atomic E-state index is 0.907. The van der Waals surface area contributed by atoms with Gasteiger partial charge in [0.2, 0.25) is 0 Å². The number of aryl methyl sites for hydroxylation is 1. The van der Waals surface area contributed by atoms with E-state index in [1.165, 1.54) is 0 Å². The lowest BCUT2D eigenvalue weighted by Crippen LogP contribution is -2.32. The maximum Gasteiger partial charge on any atom is 0.151 e. The molecule has 0 unspecified atom stereocenters. The van der Waals surface area contributed by atoms with E-state index in [0.29, 0.717) is 0 Å². The van der Waals surface area contributed by atoms with E-state index >= 15 is 0 Å². The van der Waals surface area contributed by atoms with Crippen LogP contribution in [0.5, 0.6) is 0 Å². The van der Waals surface area contributed by atoms with E-state index in [-0.39, 0.29) is 0 Å². The standard InChI is InChI=1S/C18H20N6/c1-14-18(21-16-7-3-2-6-15(16)20-14)24-11-5-10-23(12-13-24)17-8-4-9-19-22-17/h2-4,6-9H,5,10-13H2,1H3. The molecule has 0 aliphatic carbocycles. The highest BCUT2D eigenvalue weighted by Gasteiger charge is 2.19. The molecule has 0 spiro atoms. The van der Waals surface area contributed by atoms with E-state index in [2.05, 4.69) is 20.0 Å². The summed E-state index contributed by atoms with van der Waals surface area (Å²) in [5.41, 5.74) is 2.89. The molecule has 1 fully saturated rings. The molecule has 0 amide bonds. The predicted molar refractivity (Wildman–Crippen MR) is 95.4 cm³/mol. The second-order valence-electron chi connectivity index (χ2n) is 6.03. The molecule has 4 rings (SSSR count). The molecule has 6 heteroatoms. The molecular weight excluding hydrogens is 300 g/mol. The molecule has 1 aromatic carbocycles. The van der Waals surface area contributed by atoms with E-state index in [1.54, 1.807) is 6.20 Å². The molecule has 3 aromatic rings. The van der Waals surface area contributed by atoms with Crippen LogP contribution in [0.2, 0.25) is 0 Å². The number of fused-ring (bicyclic) bond motifs is 1. The number of anilines is 2. The van der Waals surface area contributed by atoms with Crippen molar-refractivity contribution in [1.82, 2.24) is 20.2 Å². The Morgan fingerprint density at radius 3 is 2.38 bits per heavy atom. The molecule has 0 N–H and O–H groups in total. The van der Waals surface area contributed by atoms with Gasteiger partial charge in [-0.25, -0.2) is 9.97 Å². The van der Waals surface area contributed by atoms with Gasteiger partial charge >= 0.3 is 0 Å². The molecule has 1 saturated heterocycles. The van der Waals surface area contributed by atoms with Crippen molar-refractivity contribution in [3.8, 4) is 0 Å². The Hall–Kier alpha value is -2.76. The molecule has 6 nitrogen and oxygen atoms in total. The highest BCUT2D eigenvalue weighted by Crippen LogP contribution is 2.22. The van der Waals surface area contributed by atoms with Gasteiger partial charge in [0.15, 0.2) is 11.6 Å². The number of hydrogen-bond acceptors (Lipinski definition) is 6. The van der Waals surface area contributed by atoms with Gasteiger partial charge in [0.1, 0.15) is 0 Å². The van der Waals surface area contributed by atoms with E-state index in [4.69, 9.17) is 9.97 Å². The fraction of sp³-hybridized carbons (Fsp3) is 0.333. The topological polar surface area (TPSA) is 58.0 Å². The lowest BCUT2D eigenvalue weighted by molar-refractivity contribution is 0.784. The maximum atomic E-state index is 4.85. The van der Waals surface area contributed by atoms with Gasteiger partial charge in [-0.3, -0.25) is 0 Å². The summed E-state index contributed by atoms with van der Waals surface area (Å²) in [6, 6.07) is 12.0. The molecule has 0 saturated carbocycles. The van der Waals surface area contributed by atoms with Gasteiger partial charge < -0.3 is 9.80 Å². The summed E-state index contributed by atoms with van der Waals surface area (Å²) in [6.07, 6.45) is 2.77. The number of rotatable bonds is 2. The van der Waals surface area contributed by atoms with Gasteiger partial charge in [-0.15, -0.1) is 5.10 Å². The third-order valence-corrected chi connectivity index (χ3v) is 4.40. The van der Waals surface area contributed by atoms with Crippen LogP contribution in [0.25, 0.3) is 11.0 Å². The molecule has 0 atom stereocenters. The van der Waals surface area contributed by atoms with Crippen molar-refractivity contribution in [2.45, 2.75) is 13.3 Å². The zero-order valence-corrected chi connectivity index (χ0v) is 13.8. The van der Waals surface area contributed by atoms with Crippen LogP contribution < -0.4 is 9.80 Å². The Kier molecular flexibility index (Phi) is 3.94. The number of para-hydroxylation sites is 2. The SMILES string of the molecule is Cc1nc2ccccc2nc1N1CCCN(c2cccnn2)CC1. The first-order chi connectivity index (χ1) is 11.8. The van der Waals surface area contributed by atoms with Crippen molar-refractivity contribution in [3.63, 3.8) is 0 Å². The van der Waals surface area contributed by atoms with Crippen LogP contribution in [0.4, 0.5) is 11.6 Å². The average Bonchev–Trinajstić information content (AvgIpc) is 2.88. The Bertz CT molecular complexity index is 835. The third-order valence-electron chi connectivity index (χ3n) is 4.40. The van der Waals surface area contributed by atoms with Crippen molar-refractivity contribution in [2.24, 2.45) is 0 Å². The second kappa shape index (κ2) is 6.39. The average molecular weight is 320 g/mol. The Morgan fingerprint density at radius 1 is 0.833 bits per heavy atom. The predicted octanol–water partition coefficient (Wildman–Crippen LogP) is 2.44. The Balaban J connectivity index is 1.58. The van der Waals surface area contributed by atoms with Crippen molar-refractivity contribution in [1.29, 1.82) is 0 Å². The minimum absolute atomic E-state index is 0.907. The zero-order chi connectivity index (χ0) is 16.4. The molecular formula is C18H20N6. The molecule has 0 bridgehead atoms. The van der Waals surface area contributed by atoms with E-state index in [1.807, 2.05) is 43.3 Å². The van der Waals surface area contributed by atoms with Gasteiger partial charge in [0.05, 0.1) is 16.7 Å². The maximum absolute atomic E-state index is 4.85. The first-order valence-corrected chi connectivity index (χ1v) is 8.32. The summed E-state index contributed by atoms with van der Waals surface area (Å²) in [5, 5.41) is 8.22. The van der Waals surface area contributed by atoms with Gasteiger partial charge in [0, 0.05) is 32.4 Å². The highest BCUT2D eigenvalue weighted by atomic mass is 15.3. The third kappa shape index (κ3) is 2.87.